The first-order chi connectivity index (χ1) is 7.50. The van der Waals surface area contributed by atoms with Crippen molar-refractivity contribution < 1.29 is 9.66 Å². The molecular weight excluding hydrogens is 276 g/mol. The molecule has 0 saturated heterocycles. The normalized spacial score (nSPS) is 10.5. The number of likely N-dealkylation sites (N-methyl/N-ethyl adjacent to an activating group) is 1. The third-order valence-corrected chi connectivity index (χ3v) is 2.41. The second-order valence-corrected chi connectivity index (χ2v) is 4.44. The van der Waals surface area contributed by atoms with Crippen LogP contribution >= 0.6 is 15.9 Å². The zero-order valence-corrected chi connectivity index (χ0v) is 10.7. The number of nitro benzene ring substituents is 1. The maximum absolute atomic E-state index is 10.8. The van der Waals surface area contributed by atoms with Crippen molar-refractivity contribution >= 4 is 21.6 Å². The van der Waals surface area contributed by atoms with Gasteiger partial charge in [0.05, 0.1) is 4.92 Å². The van der Waals surface area contributed by atoms with Crippen LogP contribution in [-0.2, 0) is 0 Å². The molecule has 1 aromatic rings. The summed E-state index contributed by atoms with van der Waals surface area (Å²) in [6, 6.07) is 4.75. The Morgan fingerprint density at radius 1 is 1.50 bits per heavy atom. The van der Waals surface area contributed by atoms with Crippen molar-refractivity contribution in [2.24, 2.45) is 0 Å². The molecule has 0 aliphatic rings. The van der Waals surface area contributed by atoms with E-state index in [1.165, 1.54) is 6.07 Å². The molecule has 6 heteroatoms. The molecule has 0 bridgehead atoms. The lowest BCUT2D eigenvalue weighted by Gasteiger charge is -2.11. The minimum atomic E-state index is -0.449. The summed E-state index contributed by atoms with van der Waals surface area (Å²) in [5, 5.41) is 10.8. The van der Waals surface area contributed by atoms with Gasteiger partial charge < -0.3 is 9.64 Å². The second-order valence-electron chi connectivity index (χ2n) is 3.52. The fourth-order valence-corrected chi connectivity index (χ4v) is 1.44. The highest BCUT2D eigenvalue weighted by molar-refractivity contribution is 9.10. The summed E-state index contributed by atoms with van der Waals surface area (Å²) in [5.41, 5.74) is -0.0202. The molecule has 88 valence electrons. The van der Waals surface area contributed by atoms with Crippen molar-refractivity contribution in [2.45, 2.75) is 0 Å². The van der Waals surface area contributed by atoms with Gasteiger partial charge in [0, 0.05) is 17.1 Å². The predicted octanol–water partition coefficient (Wildman–Crippen LogP) is 2.30. The monoisotopic (exact) mass is 288 g/mol. The molecule has 0 radical (unpaired) electrons. The Balaban J connectivity index is 2.75. The Labute approximate surface area is 102 Å². The van der Waals surface area contributed by atoms with Crippen LogP contribution in [-0.4, -0.2) is 37.1 Å². The Morgan fingerprint density at radius 2 is 2.19 bits per heavy atom. The van der Waals surface area contributed by atoms with Crippen molar-refractivity contribution in [3.63, 3.8) is 0 Å². The van der Waals surface area contributed by atoms with E-state index in [-0.39, 0.29) is 5.69 Å². The minimum absolute atomic E-state index is 0.0202. The molecule has 0 aromatic heterocycles. The van der Waals surface area contributed by atoms with Gasteiger partial charge in [0.2, 0.25) is 0 Å². The maximum Gasteiger partial charge on any atom is 0.312 e. The van der Waals surface area contributed by atoms with Crippen LogP contribution in [0.25, 0.3) is 0 Å². The van der Waals surface area contributed by atoms with E-state index in [1.54, 1.807) is 12.1 Å². The Morgan fingerprint density at radius 3 is 2.75 bits per heavy atom. The van der Waals surface area contributed by atoms with Gasteiger partial charge in [0.1, 0.15) is 6.61 Å². The molecule has 1 rings (SSSR count). The van der Waals surface area contributed by atoms with Crippen molar-refractivity contribution in [3.05, 3.63) is 32.8 Å². The van der Waals surface area contributed by atoms with Gasteiger partial charge in [-0.3, -0.25) is 10.1 Å². The number of hydrogen-bond acceptors (Lipinski definition) is 4. The first-order valence-electron chi connectivity index (χ1n) is 4.72. The van der Waals surface area contributed by atoms with E-state index >= 15 is 0 Å². The van der Waals surface area contributed by atoms with Gasteiger partial charge in [-0.25, -0.2) is 0 Å². The molecule has 0 spiro atoms. The molecule has 16 heavy (non-hydrogen) atoms. The number of rotatable bonds is 5. The first kappa shape index (κ1) is 12.9. The van der Waals surface area contributed by atoms with Crippen LogP contribution in [0.15, 0.2) is 22.7 Å². The van der Waals surface area contributed by atoms with Crippen LogP contribution in [0.4, 0.5) is 5.69 Å². The smallest absolute Gasteiger partial charge is 0.312 e. The van der Waals surface area contributed by atoms with E-state index in [1.807, 2.05) is 19.0 Å². The maximum atomic E-state index is 10.8. The highest BCUT2D eigenvalue weighted by Gasteiger charge is 2.15. The second kappa shape index (κ2) is 5.81. The summed E-state index contributed by atoms with van der Waals surface area (Å²) in [6.45, 7) is 1.14. The van der Waals surface area contributed by atoms with Gasteiger partial charge in [0.25, 0.3) is 0 Å². The van der Waals surface area contributed by atoms with Gasteiger partial charge >= 0.3 is 5.69 Å². The molecule has 5 nitrogen and oxygen atoms in total. The number of halogens is 1. The lowest BCUT2D eigenvalue weighted by molar-refractivity contribution is -0.385. The quantitative estimate of drug-likeness (QED) is 0.616. The molecule has 0 heterocycles. The van der Waals surface area contributed by atoms with Crippen molar-refractivity contribution in [2.75, 3.05) is 27.2 Å². The minimum Gasteiger partial charge on any atom is -0.485 e. The molecule has 0 fully saturated rings. The van der Waals surface area contributed by atoms with Crippen molar-refractivity contribution in [1.29, 1.82) is 0 Å². The van der Waals surface area contributed by atoms with E-state index < -0.39 is 4.92 Å². The molecule has 0 unspecified atom stereocenters. The molecule has 1 aromatic carbocycles. The lowest BCUT2D eigenvalue weighted by Crippen LogP contribution is -2.19. The molecule has 0 amide bonds. The van der Waals surface area contributed by atoms with Crippen LogP contribution in [0.2, 0.25) is 0 Å². The summed E-state index contributed by atoms with van der Waals surface area (Å²) >= 11 is 3.19. The highest BCUT2D eigenvalue weighted by atomic mass is 79.9. The van der Waals surface area contributed by atoms with Gasteiger partial charge in [-0.1, -0.05) is 15.9 Å². The standard InChI is InChI=1S/C10H13BrN2O3/c1-12(2)5-6-16-10-4-3-8(11)7-9(10)13(14)15/h3-4,7H,5-6H2,1-2H3. The average molecular weight is 289 g/mol. The topological polar surface area (TPSA) is 55.6 Å². The van der Waals surface area contributed by atoms with Gasteiger partial charge in [0.15, 0.2) is 5.75 Å². The first-order valence-corrected chi connectivity index (χ1v) is 5.51. The highest BCUT2D eigenvalue weighted by Crippen LogP contribution is 2.29. The summed E-state index contributed by atoms with van der Waals surface area (Å²) in [7, 11) is 3.83. The third kappa shape index (κ3) is 3.79. The van der Waals surface area contributed by atoms with Crippen molar-refractivity contribution in [1.82, 2.24) is 4.90 Å². The predicted molar refractivity (Wildman–Crippen MR) is 64.8 cm³/mol. The van der Waals surface area contributed by atoms with Gasteiger partial charge in [-0.05, 0) is 26.2 Å². The molecule has 0 aliphatic carbocycles. The number of benzene rings is 1. The number of ether oxygens (including phenoxy) is 1. The average Bonchev–Trinajstić information content (AvgIpc) is 2.19. The van der Waals surface area contributed by atoms with E-state index in [4.69, 9.17) is 4.74 Å². The third-order valence-electron chi connectivity index (χ3n) is 1.91. The largest absolute Gasteiger partial charge is 0.485 e. The Hall–Kier alpha value is -1.14. The molecular formula is C10H13BrN2O3. The fraction of sp³-hybridized carbons (Fsp3) is 0.400. The van der Waals surface area contributed by atoms with Gasteiger partial charge in [-0.2, -0.15) is 0 Å². The van der Waals surface area contributed by atoms with Crippen LogP contribution in [0.1, 0.15) is 0 Å². The SMILES string of the molecule is CN(C)CCOc1ccc(Br)cc1[N+](=O)[O-]. The zero-order chi connectivity index (χ0) is 12.1. The molecule has 0 saturated carbocycles. The summed E-state index contributed by atoms with van der Waals surface area (Å²) in [6.07, 6.45) is 0. The summed E-state index contributed by atoms with van der Waals surface area (Å²) in [5.74, 6) is 0.301. The van der Waals surface area contributed by atoms with Gasteiger partial charge in [-0.15, -0.1) is 0 Å². The van der Waals surface area contributed by atoms with E-state index in [2.05, 4.69) is 15.9 Å². The van der Waals surface area contributed by atoms with E-state index in [9.17, 15) is 10.1 Å². The number of nitro groups is 1. The van der Waals surface area contributed by atoms with Crippen LogP contribution in [0.5, 0.6) is 5.75 Å². The van der Waals surface area contributed by atoms with Crippen LogP contribution in [0.3, 0.4) is 0 Å². The van der Waals surface area contributed by atoms with E-state index in [0.717, 1.165) is 0 Å². The lowest BCUT2D eigenvalue weighted by atomic mass is 10.3. The van der Waals surface area contributed by atoms with Crippen LogP contribution in [0, 0.1) is 10.1 Å². The summed E-state index contributed by atoms with van der Waals surface area (Å²) < 4.78 is 6.03. The molecule has 0 N–H and O–H groups in total. The fourth-order valence-electron chi connectivity index (χ4n) is 1.09. The van der Waals surface area contributed by atoms with Crippen LogP contribution < -0.4 is 4.74 Å². The number of hydrogen-bond donors (Lipinski definition) is 0. The zero-order valence-electron chi connectivity index (χ0n) is 9.14. The van der Waals surface area contributed by atoms with Crippen molar-refractivity contribution in [3.8, 4) is 5.75 Å². The van der Waals surface area contributed by atoms with E-state index in [0.29, 0.717) is 23.4 Å². The Kier molecular flexibility index (Phi) is 4.70. The Bertz CT molecular complexity index is 382. The molecule has 0 atom stereocenters. The summed E-state index contributed by atoms with van der Waals surface area (Å²) in [4.78, 5) is 12.3. The molecule has 0 aliphatic heterocycles. The number of nitrogens with zero attached hydrogens (tertiary/aromatic N) is 2.